The highest BCUT2D eigenvalue weighted by Crippen LogP contribution is 2.29. The molecule has 0 aliphatic rings. The molecule has 118 valence electrons. The third-order valence-corrected chi connectivity index (χ3v) is 4.01. The van der Waals surface area contributed by atoms with E-state index in [1.807, 2.05) is 0 Å². The van der Waals surface area contributed by atoms with Crippen LogP contribution in [0.2, 0.25) is 0 Å². The number of non-ortho nitro benzene ring substituents is 1. The first kappa shape index (κ1) is 17.3. The van der Waals surface area contributed by atoms with Gasteiger partial charge in [0.15, 0.2) is 5.82 Å². The maximum absolute atomic E-state index is 14.0. The predicted octanol–water partition coefficient (Wildman–Crippen LogP) is 1.09. The van der Waals surface area contributed by atoms with Crippen LogP contribution >= 0.6 is 0 Å². The van der Waals surface area contributed by atoms with Gasteiger partial charge < -0.3 is 10.1 Å². The minimum absolute atomic E-state index is 0.0408. The van der Waals surface area contributed by atoms with Crippen LogP contribution in [0.1, 0.15) is 6.92 Å². The van der Waals surface area contributed by atoms with Gasteiger partial charge in [0, 0.05) is 26.3 Å². The number of sulfonamides is 1. The SMILES string of the molecule is CCNc1cc([N+](=O)[O-])cc(F)c1S(=O)(=O)NCCOC. The summed E-state index contributed by atoms with van der Waals surface area (Å²) in [6.45, 7) is 2.01. The smallest absolute Gasteiger partial charge is 0.274 e. The Hall–Kier alpha value is -1.78. The molecule has 1 rings (SSSR count). The Labute approximate surface area is 121 Å². The van der Waals surface area contributed by atoms with Gasteiger partial charge in [0.05, 0.1) is 23.3 Å². The van der Waals surface area contributed by atoms with E-state index in [9.17, 15) is 22.9 Å². The monoisotopic (exact) mass is 321 g/mol. The standard InChI is InChI=1S/C11H16FN3O5S/c1-3-13-10-7-8(15(16)17)6-9(12)11(10)21(18,19)14-4-5-20-2/h6-7,13-14H,3-5H2,1-2H3. The first-order valence-corrected chi connectivity index (χ1v) is 7.52. The van der Waals surface area contributed by atoms with E-state index in [0.717, 1.165) is 6.07 Å². The second-order valence-electron chi connectivity index (χ2n) is 3.98. The lowest BCUT2D eigenvalue weighted by atomic mass is 10.2. The molecular formula is C11H16FN3O5S. The molecule has 0 saturated carbocycles. The van der Waals surface area contributed by atoms with E-state index in [1.165, 1.54) is 7.11 Å². The summed E-state index contributed by atoms with van der Waals surface area (Å²) in [4.78, 5) is 9.27. The molecule has 0 bridgehead atoms. The van der Waals surface area contributed by atoms with Crippen LogP contribution in [0.15, 0.2) is 17.0 Å². The molecule has 0 amide bonds. The average molecular weight is 321 g/mol. The maximum atomic E-state index is 14.0. The second kappa shape index (κ2) is 7.29. The molecule has 0 atom stereocenters. The third kappa shape index (κ3) is 4.34. The number of halogens is 1. The fourth-order valence-electron chi connectivity index (χ4n) is 1.63. The van der Waals surface area contributed by atoms with Gasteiger partial charge in [-0.05, 0) is 6.92 Å². The van der Waals surface area contributed by atoms with Crippen molar-refractivity contribution >= 4 is 21.4 Å². The number of nitro groups is 1. The third-order valence-electron chi connectivity index (χ3n) is 2.47. The number of nitro benzene ring substituents is 1. The van der Waals surface area contributed by atoms with Crippen molar-refractivity contribution < 1.29 is 22.5 Å². The lowest BCUT2D eigenvalue weighted by Gasteiger charge is -2.13. The van der Waals surface area contributed by atoms with E-state index in [1.54, 1.807) is 6.92 Å². The van der Waals surface area contributed by atoms with Crippen molar-refractivity contribution in [3.05, 3.63) is 28.1 Å². The molecule has 1 aromatic carbocycles. The molecule has 0 heterocycles. The number of benzene rings is 1. The van der Waals surface area contributed by atoms with Gasteiger partial charge in [-0.2, -0.15) is 0 Å². The van der Waals surface area contributed by atoms with Gasteiger partial charge in [0.25, 0.3) is 5.69 Å². The Balaban J connectivity index is 3.30. The Bertz CT molecular complexity index is 621. The molecule has 0 aliphatic heterocycles. The molecule has 0 fully saturated rings. The number of rotatable bonds is 8. The van der Waals surface area contributed by atoms with E-state index < -0.39 is 31.3 Å². The first-order valence-electron chi connectivity index (χ1n) is 6.04. The van der Waals surface area contributed by atoms with Crippen molar-refractivity contribution in [2.24, 2.45) is 0 Å². The molecule has 8 nitrogen and oxygen atoms in total. The van der Waals surface area contributed by atoms with Crippen LogP contribution in [0.25, 0.3) is 0 Å². The molecule has 0 radical (unpaired) electrons. The summed E-state index contributed by atoms with van der Waals surface area (Å²) in [6, 6.07) is 1.56. The summed E-state index contributed by atoms with van der Waals surface area (Å²) in [5.74, 6) is -1.19. The Morgan fingerprint density at radius 1 is 1.43 bits per heavy atom. The summed E-state index contributed by atoms with van der Waals surface area (Å²) in [5.41, 5.74) is -0.687. The van der Waals surface area contributed by atoms with Crippen molar-refractivity contribution in [2.45, 2.75) is 11.8 Å². The lowest BCUT2D eigenvalue weighted by molar-refractivity contribution is -0.385. The summed E-state index contributed by atoms with van der Waals surface area (Å²) in [7, 11) is -2.75. The van der Waals surface area contributed by atoms with Gasteiger partial charge in [-0.1, -0.05) is 0 Å². The highest BCUT2D eigenvalue weighted by atomic mass is 32.2. The minimum atomic E-state index is -4.15. The summed E-state index contributed by atoms with van der Waals surface area (Å²) in [6.07, 6.45) is 0. The lowest BCUT2D eigenvalue weighted by Crippen LogP contribution is -2.28. The highest BCUT2D eigenvalue weighted by Gasteiger charge is 2.26. The summed E-state index contributed by atoms with van der Waals surface area (Å²) < 4.78 is 45.0. The maximum Gasteiger partial charge on any atom is 0.274 e. The van der Waals surface area contributed by atoms with Crippen LogP contribution in [-0.2, 0) is 14.8 Å². The Kier molecular flexibility index (Phi) is 6.00. The number of hydrogen-bond donors (Lipinski definition) is 2. The molecule has 0 saturated heterocycles. The van der Waals surface area contributed by atoms with E-state index in [-0.39, 0.29) is 25.4 Å². The van der Waals surface area contributed by atoms with E-state index in [4.69, 9.17) is 4.74 Å². The van der Waals surface area contributed by atoms with Gasteiger partial charge in [0.2, 0.25) is 10.0 Å². The quantitative estimate of drug-likeness (QED) is 0.421. The number of anilines is 1. The molecule has 10 heteroatoms. The molecule has 0 spiro atoms. The van der Waals surface area contributed by atoms with Crippen LogP contribution in [0.5, 0.6) is 0 Å². The Morgan fingerprint density at radius 3 is 2.62 bits per heavy atom. The molecule has 2 N–H and O–H groups in total. The van der Waals surface area contributed by atoms with Crippen molar-refractivity contribution in [2.75, 3.05) is 32.1 Å². The average Bonchev–Trinajstić information content (AvgIpc) is 2.38. The van der Waals surface area contributed by atoms with Gasteiger partial charge in [0.1, 0.15) is 4.90 Å². The van der Waals surface area contributed by atoms with Crippen LogP contribution < -0.4 is 10.0 Å². The van der Waals surface area contributed by atoms with Crippen LogP contribution in [0.4, 0.5) is 15.8 Å². The van der Waals surface area contributed by atoms with Gasteiger partial charge >= 0.3 is 0 Å². The normalized spacial score (nSPS) is 11.4. The number of nitrogens with one attached hydrogen (secondary N) is 2. The number of nitrogens with zero attached hydrogens (tertiary/aromatic N) is 1. The minimum Gasteiger partial charge on any atom is -0.384 e. The van der Waals surface area contributed by atoms with Crippen molar-refractivity contribution in [3.63, 3.8) is 0 Å². The van der Waals surface area contributed by atoms with Gasteiger partial charge in [-0.25, -0.2) is 17.5 Å². The number of hydrogen-bond acceptors (Lipinski definition) is 6. The first-order chi connectivity index (χ1) is 9.83. The summed E-state index contributed by atoms with van der Waals surface area (Å²) in [5, 5.41) is 13.3. The fraction of sp³-hybridized carbons (Fsp3) is 0.455. The van der Waals surface area contributed by atoms with Gasteiger partial charge in [-0.15, -0.1) is 0 Å². The van der Waals surface area contributed by atoms with Crippen LogP contribution in [0.3, 0.4) is 0 Å². The van der Waals surface area contributed by atoms with E-state index in [2.05, 4.69) is 10.0 Å². The summed E-state index contributed by atoms with van der Waals surface area (Å²) >= 11 is 0. The van der Waals surface area contributed by atoms with Gasteiger partial charge in [-0.3, -0.25) is 10.1 Å². The molecule has 1 aromatic rings. The topological polar surface area (TPSA) is 111 Å². The zero-order valence-corrected chi connectivity index (χ0v) is 12.4. The molecule has 21 heavy (non-hydrogen) atoms. The van der Waals surface area contributed by atoms with E-state index >= 15 is 0 Å². The molecule has 0 aromatic heterocycles. The van der Waals surface area contributed by atoms with Crippen molar-refractivity contribution in [3.8, 4) is 0 Å². The fourth-order valence-corrected chi connectivity index (χ4v) is 2.86. The molecule has 0 aliphatic carbocycles. The molecule has 0 unspecified atom stereocenters. The molecular weight excluding hydrogens is 305 g/mol. The van der Waals surface area contributed by atoms with Crippen molar-refractivity contribution in [1.29, 1.82) is 0 Å². The zero-order chi connectivity index (χ0) is 16.0. The second-order valence-corrected chi connectivity index (χ2v) is 5.69. The number of methoxy groups -OCH3 is 1. The van der Waals surface area contributed by atoms with Crippen LogP contribution in [0, 0.1) is 15.9 Å². The number of ether oxygens (including phenoxy) is 1. The Morgan fingerprint density at radius 2 is 2.10 bits per heavy atom. The predicted molar refractivity (Wildman–Crippen MR) is 74.3 cm³/mol. The zero-order valence-electron chi connectivity index (χ0n) is 11.6. The van der Waals surface area contributed by atoms with Crippen molar-refractivity contribution in [1.82, 2.24) is 4.72 Å². The van der Waals surface area contributed by atoms with Crippen LogP contribution in [-0.4, -0.2) is 40.1 Å². The largest absolute Gasteiger partial charge is 0.384 e. The highest BCUT2D eigenvalue weighted by molar-refractivity contribution is 7.89. The van der Waals surface area contributed by atoms with E-state index in [0.29, 0.717) is 6.07 Å².